The summed E-state index contributed by atoms with van der Waals surface area (Å²) in [5.41, 5.74) is 5.19. The summed E-state index contributed by atoms with van der Waals surface area (Å²) in [5.74, 6) is -0.887. The molecule has 0 spiro atoms. The first-order valence-electron chi connectivity index (χ1n) is 4.65. The Morgan fingerprint density at radius 3 is 2.06 bits per heavy atom. The average Bonchev–Trinajstić information content (AvgIpc) is 2.12. The highest BCUT2D eigenvalue weighted by Gasteiger charge is 2.08. The molecule has 0 aromatic heterocycles. The molecule has 4 N–H and O–H groups in total. The minimum absolute atomic E-state index is 0.111. The summed E-state index contributed by atoms with van der Waals surface area (Å²) in [6, 6.07) is -0.683. The third-order valence-corrected chi connectivity index (χ3v) is 2.05. The van der Waals surface area contributed by atoms with Crippen LogP contribution in [-0.4, -0.2) is 65.7 Å². The van der Waals surface area contributed by atoms with E-state index in [0.717, 1.165) is 5.75 Å². The van der Waals surface area contributed by atoms with E-state index < -0.39 is 18.0 Å². The van der Waals surface area contributed by atoms with Gasteiger partial charge in [0.15, 0.2) is 0 Å². The van der Waals surface area contributed by atoms with Crippen LogP contribution in [0.2, 0.25) is 0 Å². The molecule has 0 aromatic rings. The number of nitrogens with two attached hydrogens (primary N) is 1. The first-order chi connectivity index (χ1) is 7.31. The van der Waals surface area contributed by atoms with E-state index in [2.05, 4.69) is 0 Å². The van der Waals surface area contributed by atoms with Crippen LogP contribution in [-0.2, 0) is 9.59 Å². The van der Waals surface area contributed by atoms with Gasteiger partial charge in [-0.1, -0.05) is 0 Å². The van der Waals surface area contributed by atoms with Gasteiger partial charge in [-0.25, -0.2) is 0 Å². The number of rotatable bonds is 6. The van der Waals surface area contributed by atoms with Gasteiger partial charge in [0.25, 0.3) is 0 Å². The lowest BCUT2D eigenvalue weighted by molar-refractivity contribution is -0.139. The topological polar surface area (TPSA) is 104 Å². The van der Waals surface area contributed by atoms with Crippen molar-refractivity contribution in [3.05, 3.63) is 0 Å². The van der Waals surface area contributed by atoms with E-state index in [4.69, 9.17) is 15.9 Å². The fourth-order valence-corrected chi connectivity index (χ4v) is 1.13. The molecular formula is C9H20N2O4S. The van der Waals surface area contributed by atoms with Gasteiger partial charge in [-0.3, -0.25) is 14.5 Å². The molecule has 0 radical (unpaired) electrons. The normalized spacial score (nSPS) is 11.6. The number of nitrogens with zero attached hydrogens (tertiary/aromatic N) is 1. The van der Waals surface area contributed by atoms with E-state index in [1.165, 1.54) is 0 Å². The number of carbonyl (C=O) groups is 2. The molecule has 0 fully saturated rings. The minimum Gasteiger partial charge on any atom is -0.480 e. The zero-order valence-corrected chi connectivity index (χ0v) is 10.7. The number of carboxylic acids is 2. The molecule has 1 unspecified atom stereocenters. The molecule has 0 aliphatic heterocycles. The van der Waals surface area contributed by atoms with Crippen LogP contribution in [0.5, 0.6) is 0 Å². The molecule has 1 atom stereocenters. The quantitative estimate of drug-likeness (QED) is 0.600. The number of thioether (sulfide) groups is 1. The van der Waals surface area contributed by atoms with Crippen molar-refractivity contribution in [1.82, 2.24) is 4.90 Å². The van der Waals surface area contributed by atoms with Crippen LogP contribution in [0.3, 0.4) is 0 Å². The summed E-state index contributed by atoms with van der Waals surface area (Å²) in [7, 11) is 3.43. The van der Waals surface area contributed by atoms with Gasteiger partial charge in [-0.05, 0) is 32.5 Å². The smallest absolute Gasteiger partial charge is 0.320 e. The molecule has 6 nitrogen and oxygen atoms in total. The zero-order chi connectivity index (χ0) is 13.1. The van der Waals surface area contributed by atoms with Gasteiger partial charge in [-0.15, -0.1) is 0 Å². The van der Waals surface area contributed by atoms with E-state index >= 15 is 0 Å². The highest BCUT2D eigenvalue weighted by Crippen LogP contribution is 1.97. The van der Waals surface area contributed by atoms with Gasteiger partial charge in [-0.2, -0.15) is 11.8 Å². The number of aliphatic carboxylic acids is 2. The van der Waals surface area contributed by atoms with Crippen LogP contribution in [0.15, 0.2) is 0 Å². The van der Waals surface area contributed by atoms with Gasteiger partial charge >= 0.3 is 11.9 Å². The van der Waals surface area contributed by atoms with Crippen molar-refractivity contribution in [3.8, 4) is 0 Å². The second-order valence-corrected chi connectivity index (χ2v) is 4.34. The summed E-state index contributed by atoms with van der Waals surface area (Å²) >= 11 is 1.60. The van der Waals surface area contributed by atoms with Crippen molar-refractivity contribution in [2.75, 3.05) is 32.6 Å². The molecular weight excluding hydrogens is 232 g/mol. The molecule has 0 amide bonds. The Bertz CT molecular complexity index is 212. The fourth-order valence-electron chi connectivity index (χ4n) is 0.639. The minimum atomic E-state index is -0.913. The van der Waals surface area contributed by atoms with Crippen LogP contribution in [0.25, 0.3) is 0 Å². The van der Waals surface area contributed by atoms with Crippen molar-refractivity contribution in [2.45, 2.75) is 12.5 Å². The van der Waals surface area contributed by atoms with Gasteiger partial charge in [0.05, 0.1) is 6.54 Å². The largest absolute Gasteiger partial charge is 0.480 e. The molecule has 7 heteroatoms. The highest BCUT2D eigenvalue weighted by atomic mass is 32.2. The Kier molecular flexibility index (Phi) is 11.8. The van der Waals surface area contributed by atoms with Crippen molar-refractivity contribution in [3.63, 3.8) is 0 Å². The molecule has 0 aromatic carbocycles. The number of hydrogen-bond acceptors (Lipinski definition) is 5. The molecule has 0 aliphatic rings. The Hall–Kier alpha value is -0.790. The lowest BCUT2D eigenvalue weighted by Crippen LogP contribution is -2.30. The van der Waals surface area contributed by atoms with Gasteiger partial charge in [0.1, 0.15) is 6.04 Å². The van der Waals surface area contributed by atoms with Crippen LogP contribution in [0.4, 0.5) is 0 Å². The first kappa shape index (κ1) is 17.6. The van der Waals surface area contributed by atoms with E-state index in [1.807, 2.05) is 6.26 Å². The SMILES string of the molecule is CN(C)CC(=O)O.CSCCC(N)C(=O)O. The average molecular weight is 252 g/mol. The van der Waals surface area contributed by atoms with Gasteiger partial charge in [0.2, 0.25) is 0 Å². The lowest BCUT2D eigenvalue weighted by Gasteiger charge is -2.02. The van der Waals surface area contributed by atoms with Crippen molar-refractivity contribution in [1.29, 1.82) is 0 Å². The van der Waals surface area contributed by atoms with Crippen LogP contribution in [0, 0.1) is 0 Å². The van der Waals surface area contributed by atoms with Gasteiger partial charge in [0, 0.05) is 0 Å². The molecule has 0 aliphatic carbocycles. The maximum Gasteiger partial charge on any atom is 0.320 e. The highest BCUT2D eigenvalue weighted by molar-refractivity contribution is 7.98. The molecule has 0 saturated carbocycles. The van der Waals surface area contributed by atoms with Gasteiger partial charge < -0.3 is 15.9 Å². The van der Waals surface area contributed by atoms with Crippen molar-refractivity contribution >= 4 is 23.7 Å². The second kappa shape index (κ2) is 10.7. The molecule has 16 heavy (non-hydrogen) atoms. The maximum absolute atomic E-state index is 10.1. The standard InChI is InChI=1S/C5H11NO2S.C4H9NO2/c1-9-3-2-4(6)5(7)8;1-5(2)3-4(6)7/h4H,2-3,6H2,1H3,(H,7,8);3H2,1-2H3,(H,6,7). The molecule has 0 saturated heterocycles. The van der Waals surface area contributed by atoms with E-state index in [-0.39, 0.29) is 6.54 Å². The Morgan fingerprint density at radius 2 is 1.88 bits per heavy atom. The summed E-state index contributed by atoms with van der Waals surface area (Å²) in [6.45, 7) is 0.111. The predicted molar refractivity (Wildman–Crippen MR) is 64.8 cm³/mol. The number of hydrogen-bond donors (Lipinski definition) is 3. The molecule has 96 valence electrons. The third kappa shape index (κ3) is 15.7. The lowest BCUT2D eigenvalue weighted by atomic mass is 10.2. The summed E-state index contributed by atoms with van der Waals surface area (Å²) < 4.78 is 0. The van der Waals surface area contributed by atoms with E-state index in [0.29, 0.717) is 6.42 Å². The summed E-state index contributed by atoms with van der Waals surface area (Å²) in [5, 5.41) is 16.3. The zero-order valence-electron chi connectivity index (χ0n) is 9.84. The second-order valence-electron chi connectivity index (χ2n) is 3.36. The molecule has 0 rings (SSSR count). The third-order valence-electron chi connectivity index (χ3n) is 1.40. The van der Waals surface area contributed by atoms with Crippen molar-refractivity contribution < 1.29 is 19.8 Å². The molecule has 0 bridgehead atoms. The predicted octanol–water partition coefficient (Wildman–Crippen LogP) is -0.216. The Morgan fingerprint density at radius 1 is 1.38 bits per heavy atom. The fraction of sp³-hybridized carbons (Fsp3) is 0.778. The Labute approximate surface area is 99.8 Å². The number of carboxylic acid groups (broad SMARTS) is 2. The Balaban J connectivity index is 0. The van der Waals surface area contributed by atoms with Crippen molar-refractivity contribution in [2.24, 2.45) is 5.73 Å². The maximum atomic E-state index is 10.1. The first-order valence-corrected chi connectivity index (χ1v) is 6.04. The summed E-state index contributed by atoms with van der Waals surface area (Å²) in [6.07, 6.45) is 2.48. The summed E-state index contributed by atoms with van der Waals surface area (Å²) in [4.78, 5) is 21.4. The monoisotopic (exact) mass is 252 g/mol. The molecule has 0 heterocycles. The van der Waals surface area contributed by atoms with Crippen LogP contribution < -0.4 is 5.73 Å². The number of likely N-dealkylation sites (N-methyl/N-ethyl adjacent to an activating group) is 1. The van der Waals surface area contributed by atoms with E-state index in [1.54, 1.807) is 30.8 Å². The van der Waals surface area contributed by atoms with Crippen LogP contribution in [0.1, 0.15) is 6.42 Å². The van der Waals surface area contributed by atoms with Crippen LogP contribution >= 0.6 is 11.8 Å². The van der Waals surface area contributed by atoms with E-state index in [9.17, 15) is 9.59 Å².